The van der Waals surface area contributed by atoms with Crippen LogP contribution in [0.5, 0.6) is 0 Å². The second kappa shape index (κ2) is 13.4. The lowest BCUT2D eigenvalue weighted by Gasteiger charge is -2.32. The summed E-state index contributed by atoms with van der Waals surface area (Å²) in [5, 5.41) is 27.6. The second-order valence-corrected chi connectivity index (χ2v) is 13.6. The molecular weight excluding hydrogens is 538 g/mol. The molecule has 6 atom stereocenters. The predicted molar refractivity (Wildman–Crippen MR) is 161 cm³/mol. The third kappa shape index (κ3) is 7.50. The standard InChI is InChI=1S/C32H43N3O5S/c1-20-10-8-9-13-23(20)18-33-30(39)28-32(3,4)41-19-35(28)31(40)26(37)17-24(16-22-11-6-5-7-12-22)29(38)34-27-21(2)14-15-25(27)36/h5-13,21,24-28,36-37H,14-19H2,1-4H3,(H,33,39)(H,34,38). The summed E-state index contributed by atoms with van der Waals surface area (Å²) in [6.07, 6.45) is -0.356. The molecule has 3 amide bonds. The van der Waals surface area contributed by atoms with Gasteiger partial charge in [0.1, 0.15) is 12.1 Å². The van der Waals surface area contributed by atoms with Gasteiger partial charge in [-0.25, -0.2) is 0 Å². The SMILES string of the molecule is Cc1ccccc1CNC(=O)C1N(C(=O)C(O)CC(Cc2ccccc2)C(=O)NC2C(C)CCC2O)CSC1(C)C. The van der Waals surface area contributed by atoms with Crippen LogP contribution in [0, 0.1) is 18.8 Å². The van der Waals surface area contributed by atoms with E-state index in [4.69, 9.17) is 0 Å². The first kappa shape index (κ1) is 31.1. The summed E-state index contributed by atoms with van der Waals surface area (Å²) in [5.74, 6) is -1.39. The van der Waals surface area contributed by atoms with E-state index < -0.39 is 34.8 Å². The molecule has 6 unspecified atom stereocenters. The maximum atomic E-state index is 13.6. The van der Waals surface area contributed by atoms with Gasteiger partial charge >= 0.3 is 0 Å². The molecular formula is C32H43N3O5S. The van der Waals surface area contributed by atoms with Gasteiger partial charge in [0.05, 0.1) is 18.0 Å². The average molecular weight is 582 g/mol. The van der Waals surface area contributed by atoms with Crippen molar-refractivity contribution in [2.45, 2.75) is 89.0 Å². The Morgan fingerprint density at radius 3 is 2.41 bits per heavy atom. The zero-order valence-corrected chi connectivity index (χ0v) is 25.2. The van der Waals surface area contributed by atoms with E-state index in [1.54, 1.807) is 0 Å². The van der Waals surface area contributed by atoms with E-state index in [1.165, 1.54) is 16.7 Å². The molecule has 0 radical (unpaired) electrons. The molecule has 41 heavy (non-hydrogen) atoms. The molecule has 2 aromatic carbocycles. The minimum absolute atomic E-state index is 0.0874. The first-order chi connectivity index (χ1) is 19.5. The highest BCUT2D eigenvalue weighted by Gasteiger charge is 2.49. The lowest BCUT2D eigenvalue weighted by atomic mass is 9.91. The van der Waals surface area contributed by atoms with Crippen LogP contribution < -0.4 is 10.6 Å². The van der Waals surface area contributed by atoms with E-state index in [9.17, 15) is 24.6 Å². The van der Waals surface area contributed by atoms with Gasteiger partial charge in [-0.3, -0.25) is 14.4 Å². The normalized spacial score (nSPS) is 25.0. The van der Waals surface area contributed by atoms with Crippen molar-refractivity contribution in [3.8, 4) is 0 Å². The van der Waals surface area contributed by atoms with Crippen LogP contribution in [0.15, 0.2) is 54.6 Å². The number of rotatable bonds is 10. The number of aliphatic hydroxyl groups excluding tert-OH is 2. The Hall–Kier alpha value is -2.88. The minimum atomic E-state index is -1.46. The Morgan fingerprint density at radius 2 is 1.76 bits per heavy atom. The van der Waals surface area contributed by atoms with Gasteiger partial charge in [-0.05, 0) is 69.1 Å². The van der Waals surface area contributed by atoms with Gasteiger partial charge in [-0.2, -0.15) is 0 Å². The molecule has 9 heteroatoms. The molecule has 2 aromatic rings. The van der Waals surface area contributed by atoms with Crippen molar-refractivity contribution >= 4 is 29.5 Å². The number of hydrogen-bond acceptors (Lipinski definition) is 6. The Labute approximate surface area is 247 Å². The van der Waals surface area contributed by atoms with Crippen LogP contribution in [0.1, 0.15) is 56.7 Å². The molecule has 2 aliphatic rings. The zero-order chi connectivity index (χ0) is 29.7. The Morgan fingerprint density at radius 1 is 1.07 bits per heavy atom. The molecule has 1 heterocycles. The first-order valence-corrected chi connectivity index (χ1v) is 15.4. The van der Waals surface area contributed by atoms with Gasteiger partial charge in [-0.15, -0.1) is 11.8 Å². The van der Waals surface area contributed by atoms with Crippen LogP contribution in [0.25, 0.3) is 0 Å². The van der Waals surface area contributed by atoms with Crippen LogP contribution in [0.4, 0.5) is 0 Å². The van der Waals surface area contributed by atoms with Gasteiger partial charge in [0.2, 0.25) is 11.8 Å². The highest BCUT2D eigenvalue weighted by atomic mass is 32.2. The molecule has 4 rings (SSSR count). The second-order valence-electron chi connectivity index (χ2n) is 12.0. The number of aliphatic hydroxyl groups is 2. The molecule has 8 nitrogen and oxygen atoms in total. The lowest BCUT2D eigenvalue weighted by molar-refractivity contribution is -0.147. The number of nitrogens with one attached hydrogen (secondary N) is 2. The van der Waals surface area contributed by atoms with Crippen LogP contribution in [0.2, 0.25) is 0 Å². The molecule has 0 bridgehead atoms. The molecule has 1 saturated carbocycles. The average Bonchev–Trinajstić information content (AvgIpc) is 3.44. The Balaban J connectivity index is 1.47. The van der Waals surface area contributed by atoms with E-state index in [0.717, 1.165) is 23.1 Å². The summed E-state index contributed by atoms with van der Waals surface area (Å²) >= 11 is 1.49. The maximum Gasteiger partial charge on any atom is 0.252 e. The number of aryl methyl sites for hydroxylation is 1. The number of nitrogens with zero attached hydrogens (tertiary/aromatic N) is 1. The van der Waals surface area contributed by atoms with E-state index in [-0.39, 0.29) is 36.1 Å². The number of carbonyl (C=O) groups is 3. The largest absolute Gasteiger partial charge is 0.391 e. The highest BCUT2D eigenvalue weighted by molar-refractivity contribution is 8.00. The molecule has 0 spiro atoms. The molecule has 1 aliphatic carbocycles. The summed E-state index contributed by atoms with van der Waals surface area (Å²) in [6, 6.07) is 16.2. The Kier molecular flexibility index (Phi) is 10.2. The smallest absolute Gasteiger partial charge is 0.252 e. The lowest BCUT2D eigenvalue weighted by Crippen LogP contribution is -2.55. The number of amides is 3. The molecule has 1 aliphatic heterocycles. The summed E-state index contributed by atoms with van der Waals surface area (Å²) in [4.78, 5) is 42.0. The van der Waals surface area contributed by atoms with Gasteiger partial charge in [0.25, 0.3) is 5.91 Å². The summed E-state index contributed by atoms with van der Waals surface area (Å²) in [5.41, 5.74) is 2.98. The number of carbonyl (C=O) groups excluding carboxylic acids is 3. The topological polar surface area (TPSA) is 119 Å². The van der Waals surface area contributed by atoms with Crippen molar-refractivity contribution in [1.29, 1.82) is 0 Å². The monoisotopic (exact) mass is 581 g/mol. The van der Waals surface area contributed by atoms with Crippen LogP contribution in [0.3, 0.4) is 0 Å². The fourth-order valence-corrected chi connectivity index (χ4v) is 7.08. The maximum absolute atomic E-state index is 13.6. The summed E-state index contributed by atoms with van der Waals surface area (Å²) in [6.45, 7) is 8.18. The van der Waals surface area contributed by atoms with E-state index in [2.05, 4.69) is 10.6 Å². The van der Waals surface area contributed by atoms with Crippen LogP contribution in [-0.2, 0) is 27.3 Å². The van der Waals surface area contributed by atoms with Gasteiger partial charge < -0.3 is 25.7 Å². The van der Waals surface area contributed by atoms with Crippen molar-refractivity contribution in [2.24, 2.45) is 11.8 Å². The fraction of sp³-hybridized carbons (Fsp3) is 0.531. The van der Waals surface area contributed by atoms with Gasteiger partial charge in [0.15, 0.2) is 0 Å². The van der Waals surface area contributed by atoms with Crippen LogP contribution >= 0.6 is 11.8 Å². The van der Waals surface area contributed by atoms with Gasteiger partial charge in [-0.1, -0.05) is 61.5 Å². The zero-order valence-electron chi connectivity index (χ0n) is 24.4. The van der Waals surface area contributed by atoms with E-state index in [0.29, 0.717) is 19.4 Å². The van der Waals surface area contributed by atoms with E-state index in [1.807, 2.05) is 82.3 Å². The fourth-order valence-electron chi connectivity index (χ4n) is 5.94. The molecule has 1 saturated heterocycles. The Bertz CT molecular complexity index is 1210. The van der Waals surface area contributed by atoms with Gasteiger partial charge in [0, 0.05) is 17.2 Å². The highest BCUT2D eigenvalue weighted by Crippen LogP contribution is 2.40. The number of benzene rings is 2. The first-order valence-electron chi connectivity index (χ1n) is 14.4. The molecule has 2 fully saturated rings. The third-order valence-corrected chi connectivity index (χ3v) is 9.91. The number of thioether (sulfide) groups is 1. The third-order valence-electron chi connectivity index (χ3n) is 8.53. The quantitative estimate of drug-likeness (QED) is 0.342. The summed E-state index contributed by atoms with van der Waals surface area (Å²) < 4.78 is -0.555. The van der Waals surface area contributed by atoms with Crippen molar-refractivity contribution in [3.63, 3.8) is 0 Å². The van der Waals surface area contributed by atoms with E-state index >= 15 is 0 Å². The molecule has 222 valence electrons. The predicted octanol–water partition coefficient (Wildman–Crippen LogP) is 3.18. The van der Waals surface area contributed by atoms with Crippen molar-refractivity contribution in [2.75, 3.05) is 5.88 Å². The van der Waals surface area contributed by atoms with Crippen LogP contribution in [-0.4, -0.2) is 67.7 Å². The van der Waals surface area contributed by atoms with Crippen molar-refractivity contribution < 1.29 is 24.6 Å². The van der Waals surface area contributed by atoms with Crippen molar-refractivity contribution in [1.82, 2.24) is 15.5 Å². The van der Waals surface area contributed by atoms with Crippen molar-refractivity contribution in [3.05, 3.63) is 71.3 Å². The molecule has 0 aromatic heterocycles. The minimum Gasteiger partial charge on any atom is -0.391 e. The summed E-state index contributed by atoms with van der Waals surface area (Å²) in [7, 11) is 0. The molecule has 4 N–H and O–H groups in total. The number of hydrogen-bond donors (Lipinski definition) is 4.